The van der Waals surface area contributed by atoms with Crippen LogP contribution in [0.1, 0.15) is 12.0 Å². The van der Waals surface area contributed by atoms with Crippen molar-refractivity contribution in [3.8, 4) is 17.3 Å². The highest BCUT2D eigenvalue weighted by Crippen LogP contribution is 2.23. The van der Waals surface area contributed by atoms with Gasteiger partial charge in [-0.15, -0.1) is 0 Å². The molecule has 0 aliphatic carbocycles. The number of H-pyrrole nitrogens is 1. The first-order valence-electron chi connectivity index (χ1n) is 6.87. The molecule has 0 radical (unpaired) electrons. The van der Waals surface area contributed by atoms with Crippen molar-refractivity contribution >= 4 is 10.9 Å². The maximum Gasteiger partial charge on any atom is 0.193 e. The average Bonchev–Trinajstić information content (AvgIpc) is 2.55. The van der Waals surface area contributed by atoms with Crippen molar-refractivity contribution in [1.29, 1.82) is 5.26 Å². The fraction of sp³-hybridized carbons (Fsp3) is 0.111. The molecule has 0 spiro atoms. The summed E-state index contributed by atoms with van der Waals surface area (Å²) in [7, 11) is 0. The minimum Gasteiger partial charge on any atom is -0.354 e. The molecule has 0 saturated heterocycles. The summed E-state index contributed by atoms with van der Waals surface area (Å²) in [6.45, 7) is 0. The van der Waals surface area contributed by atoms with Gasteiger partial charge in [0.25, 0.3) is 0 Å². The van der Waals surface area contributed by atoms with Gasteiger partial charge in [-0.2, -0.15) is 5.26 Å². The largest absolute Gasteiger partial charge is 0.354 e. The van der Waals surface area contributed by atoms with E-state index in [-0.39, 0.29) is 5.43 Å². The first-order valence-corrected chi connectivity index (χ1v) is 6.87. The molecule has 0 aliphatic heterocycles. The third-order valence-corrected chi connectivity index (χ3v) is 3.56. The molecule has 2 aromatic carbocycles. The Labute approximate surface area is 122 Å². The molecule has 0 fully saturated rings. The number of nitrogens with zero attached hydrogens (tertiary/aromatic N) is 1. The predicted molar refractivity (Wildman–Crippen MR) is 83.9 cm³/mol. The molecule has 1 N–H and O–H groups in total. The van der Waals surface area contributed by atoms with E-state index in [2.05, 4.69) is 11.1 Å². The van der Waals surface area contributed by atoms with Crippen molar-refractivity contribution in [3.63, 3.8) is 0 Å². The number of hydrogen-bond donors (Lipinski definition) is 1. The summed E-state index contributed by atoms with van der Waals surface area (Å²) in [5, 5.41) is 9.50. The van der Waals surface area contributed by atoms with Crippen molar-refractivity contribution in [2.75, 3.05) is 0 Å². The summed E-state index contributed by atoms with van der Waals surface area (Å²) in [6, 6.07) is 19.4. The van der Waals surface area contributed by atoms with Gasteiger partial charge >= 0.3 is 0 Å². The van der Waals surface area contributed by atoms with Crippen molar-refractivity contribution in [2.24, 2.45) is 0 Å². The molecule has 1 aromatic heterocycles. The summed E-state index contributed by atoms with van der Waals surface area (Å²) in [5.41, 5.74) is 3.30. The molecule has 0 saturated carbocycles. The zero-order valence-electron chi connectivity index (χ0n) is 11.5. The molecule has 3 aromatic rings. The first-order chi connectivity index (χ1) is 10.3. The van der Waals surface area contributed by atoms with Crippen LogP contribution in [0.15, 0.2) is 59.4 Å². The van der Waals surface area contributed by atoms with Gasteiger partial charge < -0.3 is 4.98 Å². The lowest BCUT2D eigenvalue weighted by Gasteiger charge is -2.10. The van der Waals surface area contributed by atoms with Crippen LogP contribution in [0.25, 0.3) is 22.2 Å². The minimum atomic E-state index is 0.0125. The van der Waals surface area contributed by atoms with Gasteiger partial charge in [0.05, 0.1) is 11.8 Å². The highest BCUT2D eigenvalue weighted by Gasteiger charge is 2.12. The topological polar surface area (TPSA) is 56.6 Å². The average molecular weight is 274 g/mol. The number of nitrogens with one attached hydrogen (secondary N) is 1. The number of benzene rings is 2. The molecule has 21 heavy (non-hydrogen) atoms. The Morgan fingerprint density at radius 2 is 1.71 bits per heavy atom. The van der Waals surface area contributed by atoms with Gasteiger partial charge in [0.15, 0.2) is 5.43 Å². The van der Waals surface area contributed by atoms with Crippen LogP contribution in [0.5, 0.6) is 0 Å². The first kappa shape index (κ1) is 13.1. The molecule has 102 valence electrons. The number of rotatable bonds is 3. The summed E-state index contributed by atoms with van der Waals surface area (Å²) in [6.07, 6.45) is 0.794. The number of nitriles is 1. The number of fused-ring (bicyclic) bond motifs is 1. The summed E-state index contributed by atoms with van der Waals surface area (Å²) in [5.74, 6) is 0. The minimum absolute atomic E-state index is 0.0125. The number of aromatic amines is 1. The van der Waals surface area contributed by atoms with E-state index in [1.54, 1.807) is 0 Å². The summed E-state index contributed by atoms with van der Waals surface area (Å²) >= 11 is 0. The van der Waals surface area contributed by atoms with Gasteiger partial charge in [-0.3, -0.25) is 4.79 Å². The second kappa shape index (κ2) is 5.64. The quantitative estimate of drug-likeness (QED) is 0.792. The maximum atomic E-state index is 12.7. The van der Waals surface area contributed by atoms with Gasteiger partial charge in [0.2, 0.25) is 0 Å². The molecule has 0 aliphatic rings. The van der Waals surface area contributed by atoms with Crippen LogP contribution in [0.3, 0.4) is 0 Å². The monoisotopic (exact) mass is 274 g/mol. The van der Waals surface area contributed by atoms with Crippen LogP contribution in [0, 0.1) is 11.3 Å². The zero-order chi connectivity index (χ0) is 14.7. The van der Waals surface area contributed by atoms with Crippen molar-refractivity contribution < 1.29 is 0 Å². The molecular weight excluding hydrogens is 260 g/mol. The van der Waals surface area contributed by atoms with Crippen LogP contribution in [0.4, 0.5) is 0 Å². The Balaban J connectivity index is 2.31. The van der Waals surface area contributed by atoms with Crippen LogP contribution in [-0.4, -0.2) is 4.98 Å². The normalized spacial score (nSPS) is 10.4. The highest BCUT2D eigenvalue weighted by molar-refractivity contribution is 5.83. The zero-order valence-corrected chi connectivity index (χ0v) is 11.5. The van der Waals surface area contributed by atoms with Crippen molar-refractivity contribution in [3.05, 3.63) is 70.4 Å². The third-order valence-electron chi connectivity index (χ3n) is 3.56. The Kier molecular flexibility index (Phi) is 3.53. The van der Waals surface area contributed by atoms with Crippen molar-refractivity contribution in [1.82, 2.24) is 4.98 Å². The van der Waals surface area contributed by atoms with E-state index in [0.717, 1.165) is 16.8 Å². The van der Waals surface area contributed by atoms with Gasteiger partial charge in [0.1, 0.15) is 0 Å². The third kappa shape index (κ3) is 2.44. The van der Waals surface area contributed by atoms with E-state index in [4.69, 9.17) is 5.26 Å². The standard InChI is InChI=1S/C18H14N2O/c19-12-6-10-15-17(13-7-2-1-3-8-13)20-16-11-5-4-9-14(16)18(15)21/h1-5,7-9,11H,6,10H2,(H,20,21). The van der Waals surface area contributed by atoms with Gasteiger partial charge in [-0.05, 0) is 24.1 Å². The van der Waals surface area contributed by atoms with Gasteiger partial charge in [-0.25, -0.2) is 0 Å². The number of hydrogen-bond acceptors (Lipinski definition) is 2. The summed E-state index contributed by atoms with van der Waals surface area (Å²) < 4.78 is 0. The molecule has 0 amide bonds. The molecule has 0 bridgehead atoms. The van der Waals surface area contributed by atoms with E-state index < -0.39 is 0 Å². The smallest absolute Gasteiger partial charge is 0.193 e. The van der Waals surface area contributed by atoms with Crippen molar-refractivity contribution in [2.45, 2.75) is 12.8 Å². The van der Waals surface area contributed by atoms with E-state index in [9.17, 15) is 4.79 Å². The van der Waals surface area contributed by atoms with Crippen LogP contribution < -0.4 is 5.43 Å². The maximum absolute atomic E-state index is 12.7. The second-order valence-corrected chi connectivity index (χ2v) is 4.88. The summed E-state index contributed by atoms with van der Waals surface area (Å²) in [4.78, 5) is 16.1. The van der Waals surface area contributed by atoms with Crippen LogP contribution in [-0.2, 0) is 6.42 Å². The molecule has 3 rings (SSSR count). The molecule has 0 unspecified atom stereocenters. The number of aromatic nitrogens is 1. The molecular formula is C18H14N2O. The SMILES string of the molecule is N#CCCc1c(-c2ccccc2)[nH]c2ccccc2c1=O. The fourth-order valence-electron chi connectivity index (χ4n) is 2.55. The van der Waals surface area contributed by atoms with E-state index in [1.807, 2.05) is 54.6 Å². The lowest BCUT2D eigenvalue weighted by molar-refractivity contribution is 0.995. The van der Waals surface area contributed by atoms with E-state index in [1.165, 1.54) is 0 Å². The number of pyridine rings is 1. The second-order valence-electron chi connectivity index (χ2n) is 4.88. The lowest BCUT2D eigenvalue weighted by Crippen LogP contribution is -2.13. The Bertz CT molecular complexity index is 873. The van der Waals surface area contributed by atoms with E-state index >= 15 is 0 Å². The number of para-hydroxylation sites is 1. The Hall–Kier alpha value is -2.86. The lowest BCUT2D eigenvalue weighted by atomic mass is 9.99. The molecule has 1 heterocycles. The predicted octanol–water partition coefficient (Wildman–Crippen LogP) is 3.65. The van der Waals surface area contributed by atoms with Gasteiger partial charge in [-0.1, -0.05) is 42.5 Å². The fourth-order valence-corrected chi connectivity index (χ4v) is 2.55. The van der Waals surface area contributed by atoms with Crippen LogP contribution in [0.2, 0.25) is 0 Å². The Morgan fingerprint density at radius 3 is 2.48 bits per heavy atom. The van der Waals surface area contributed by atoms with Gasteiger partial charge in [0, 0.05) is 22.9 Å². The Morgan fingerprint density at radius 1 is 1.00 bits per heavy atom. The molecule has 3 nitrogen and oxygen atoms in total. The highest BCUT2D eigenvalue weighted by atomic mass is 16.1. The van der Waals surface area contributed by atoms with E-state index in [0.29, 0.717) is 23.8 Å². The molecule has 0 atom stereocenters. The molecule has 3 heteroatoms. The van der Waals surface area contributed by atoms with Crippen LogP contribution >= 0.6 is 0 Å².